The van der Waals surface area contributed by atoms with Crippen LogP contribution in [0.4, 0.5) is 5.69 Å². The molecule has 0 aromatic heterocycles. The minimum absolute atomic E-state index is 0.0298. The molecular formula is C17H23N3O2. The molecule has 2 aliphatic heterocycles. The van der Waals surface area contributed by atoms with Crippen LogP contribution in [0.15, 0.2) is 18.2 Å². The van der Waals surface area contributed by atoms with E-state index in [1.165, 1.54) is 6.42 Å². The van der Waals surface area contributed by atoms with Crippen LogP contribution in [-0.2, 0) is 11.2 Å². The highest BCUT2D eigenvalue weighted by Crippen LogP contribution is 2.24. The average molecular weight is 301 g/mol. The van der Waals surface area contributed by atoms with Crippen molar-refractivity contribution in [3.63, 3.8) is 0 Å². The predicted octanol–water partition coefficient (Wildman–Crippen LogP) is 1.69. The fourth-order valence-electron chi connectivity index (χ4n) is 3.24. The van der Waals surface area contributed by atoms with E-state index >= 15 is 0 Å². The van der Waals surface area contributed by atoms with Crippen LogP contribution >= 0.6 is 0 Å². The number of benzene rings is 1. The van der Waals surface area contributed by atoms with Crippen LogP contribution in [0.1, 0.15) is 42.1 Å². The Kier molecular flexibility index (Phi) is 4.43. The summed E-state index contributed by atoms with van der Waals surface area (Å²) in [5.74, 6) is 0.510. The minimum Gasteiger partial charge on any atom is -0.349 e. The molecule has 2 atom stereocenters. The second-order valence-corrected chi connectivity index (χ2v) is 6.29. The Balaban J connectivity index is 1.66. The maximum Gasteiger partial charge on any atom is 0.251 e. The lowest BCUT2D eigenvalue weighted by Gasteiger charge is -2.29. The van der Waals surface area contributed by atoms with Gasteiger partial charge in [-0.15, -0.1) is 0 Å². The predicted molar refractivity (Wildman–Crippen MR) is 85.9 cm³/mol. The first-order valence-electron chi connectivity index (χ1n) is 8.08. The Morgan fingerprint density at radius 2 is 2.23 bits per heavy atom. The second kappa shape index (κ2) is 6.48. The van der Waals surface area contributed by atoms with Gasteiger partial charge in [0, 0.05) is 23.7 Å². The van der Waals surface area contributed by atoms with Crippen molar-refractivity contribution < 1.29 is 9.59 Å². The molecule has 5 nitrogen and oxygen atoms in total. The highest BCUT2D eigenvalue weighted by atomic mass is 16.2. The molecule has 3 N–H and O–H groups in total. The van der Waals surface area contributed by atoms with Gasteiger partial charge in [0.25, 0.3) is 5.91 Å². The lowest BCUT2D eigenvalue weighted by Crippen LogP contribution is -2.44. The fraction of sp³-hybridized carbons (Fsp3) is 0.529. The van der Waals surface area contributed by atoms with E-state index in [9.17, 15) is 9.59 Å². The van der Waals surface area contributed by atoms with Gasteiger partial charge in [-0.25, -0.2) is 0 Å². The Morgan fingerprint density at radius 3 is 3.00 bits per heavy atom. The Bertz CT molecular complexity index is 579. The van der Waals surface area contributed by atoms with Crippen molar-refractivity contribution >= 4 is 17.5 Å². The average Bonchev–Trinajstić information content (AvgIpc) is 2.55. The summed E-state index contributed by atoms with van der Waals surface area (Å²) in [4.78, 5) is 23.8. The van der Waals surface area contributed by atoms with E-state index in [0.717, 1.165) is 30.8 Å². The first-order valence-corrected chi connectivity index (χ1v) is 8.08. The molecule has 1 saturated heterocycles. The van der Waals surface area contributed by atoms with E-state index in [-0.39, 0.29) is 17.9 Å². The molecule has 1 aromatic rings. The van der Waals surface area contributed by atoms with Gasteiger partial charge < -0.3 is 16.0 Å². The monoisotopic (exact) mass is 301 g/mol. The molecular weight excluding hydrogens is 278 g/mol. The molecule has 0 spiro atoms. The zero-order valence-corrected chi connectivity index (χ0v) is 12.9. The molecule has 0 aliphatic carbocycles. The second-order valence-electron chi connectivity index (χ2n) is 6.29. The van der Waals surface area contributed by atoms with Crippen molar-refractivity contribution in [3.05, 3.63) is 29.3 Å². The topological polar surface area (TPSA) is 70.2 Å². The third-order valence-corrected chi connectivity index (χ3v) is 4.66. The van der Waals surface area contributed by atoms with Crippen LogP contribution < -0.4 is 16.0 Å². The van der Waals surface area contributed by atoms with Gasteiger partial charge in [-0.05, 0) is 69.0 Å². The lowest BCUT2D eigenvalue weighted by atomic mass is 9.92. The third kappa shape index (κ3) is 3.30. The highest BCUT2D eigenvalue weighted by Gasteiger charge is 2.22. The normalized spacial score (nSPS) is 22.4. The molecule has 2 heterocycles. The maximum absolute atomic E-state index is 12.4. The fourth-order valence-corrected chi connectivity index (χ4v) is 3.24. The summed E-state index contributed by atoms with van der Waals surface area (Å²) in [7, 11) is 0. The molecule has 3 rings (SSSR count). The van der Waals surface area contributed by atoms with Crippen LogP contribution in [0, 0.1) is 5.92 Å². The maximum atomic E-state index is 12.4. The van der Waals surface area contributed by atoms with E-state index in [1.54, 1.807) is 6.07 Å². The van der Waals surface area contributed by atoms with Gasteiger partial charge in [0.05, 0.1) is 0 Å². The van der Waals surface area contributed by atoms with Crippen molar-refractivity contribution in [1.29, 1.82) is 0 Å². The molecule has 1 aromatic carbocycles. The van der Waals surface area contributed by atoms with Crippen molar-refractivity contribution in [3.8, 4) is 0 Å². The summed E-state index contributed by atoms with van der Waals surface area (Å²) >= 11 is 0. The van der Waals surface area contributed by atoms with Gasteiger partial charge in [-0.3, -0.25) is 9.59 Å². The van der Waals surface area contributed by atoms with Gasteiger partial charge >= 0.3 is 0 Å². The number of hydrogen-bond donors (Lipinski definition) is 3. The number of hydrogen-bond acceptors (Lipinski definition) is 3. The van der Waals surface area contributed by atoms with Gasteiger partial charge in [-0.1, -0.05) is 0 Å². The van der Waals surface area contributed by atoms with Crippen LogP contribution in [-0.4, -0.2) is 30.9 Å². The molecule has 0 bridgehead atoms. The molecule has 0 radical (unpaired) electrons. The van der Waals surface area contributed by atoms with Gasteiger partial charge in [-0.2, -0.15) is 0 Å². The van der Waals surface area contributed by atoms with Gasteiger partial charge in [0.15, 0.2) is 0 Å². The van der Waals surface area contributed by atoms with E-state index in [0.29, 0.717) is 24.3 Å². The SMILES string of the molecule is CC(NC(=O)c1ccc2c(c1)CCC(=O)N2)C1CCCNC1. The van der Waals surface area contributed by atoms with Gasteiger partial charge in [0.2, 0.25) is 5.91 Å². The highest BCUT2D eigenvalue weighted by molar-refractivity contribution is 5.98. The van der Waals surface area contributed by atoms with Crippen LogP contribution in [0.5, 0.6) is 0 Å². The van der Waals surface area contributed by atoms with E-state index in [2.05, 4.69) is 22.9 Å². The standard InChI is InChI=1S/C17H23N3O2/c1-11(14-3-2-8-18-10-14)19-17(22)13-4-6-15-12(9-13)5-7-16(21)20-15/h4,6,9,11,14,18H,2-3,5,7-8,10H2,1H3,(H,19,22)(H,20,21). The Labute approximate surface area is 130 Å². The van der Waals surface area contributed by atoms with E-state index < -0.39 is 0 Å². The summed E-state index contributed by atoms with van der Waals surface area (Å²) in [5, 5.41) is 9.34. The number of carbonyl (C=O) groups excluding carboxylic acids is 2. The van der Waals surface area contributed by atoms with E-state index in [1.807, 2.05) is 12.1 Å². The lowest BCUT2D eigenvalue weighted by molar-refractivity contribution is -0.116. The summed E-state index contributed by atoms with van der Waals surface area (Å²) < 4.78 is 0. The molecule has 22 heavy (non-hydrogen) atoms. The summed E-state index contributed by atoms with van der Waals surface area (Å²) in [6.07, 6.45) is 3.51. The minimum atomic E-state index is -0.0298. The first kappa shape index (κ1) is 15.0. The Hall–Kier alpha value is -1.88. The summed E-state index contributed by atoms with van der Waals surface area (Å²) in [6.45, 7) is 4.12. The number of anilines is 1. The zero-order valence-electron chi connectivity index (χ0n) is 12.9. The van der Waals surface area contributed by atoms with Gasteiger partial charge in [0.1, 0.15) is 0 Å². The quantitative estimate of drug-likeness (QED) is 0.795. The number of carbonyl (C=O) groups is 2. The number of piperidine rings is 1. The molecule has 118 valence electrons. The molecule has 2 aliphatic rings. The number of fused-ring (bicyclic) bond motifs is 1. The van der Waals surface area contributed by atoms with Crippen molar-refractivity contribution in [1.82, 2.24) is 10.6 Å². The van der Waals surface area contributed by atoms with Crippen LogP contribution in [0.3, 0.4) is 0 Å². The molecule has 0 saturated carbocycles. The van der Waals surface area contributed by atoms with Crippen LogP contribution in [0.25, 0.3) is 0 Å². The van der Waals surface area contributed by atoms with Crippen LogP contribution in [0.2, 0.25) is 0 Å². The number of aryl methyl sites for hydroxylation is 1. The first-order chi connectivity index (χ1) is 10.6. The molecule has 2 amide bonds. The largest absolute Gasteiger partial charge is 0.349 e. The van der Waals surface area contributed by atoms with E-state index in [4.69, 9.17) is 0 Å². The number of rotatable bonds is 3. The molecule has 5 heteroatoms. The molecule has 1 fully saturated rings. The Morgan fingerprint density at radius 1 is 1.36 bits per heavy atom. The van der Waals surface area contributed by atoms with Crippen molar-refractivity contribution in [2.24, 2.45) is 5.92 Å². The number of nitrogens with one attached hydrogen (secondary N) is 3. The molecule has 2 unspecified atom stereocenters. The number of amides is 2. The summed E-state index contributed by atoms with van der Waals surface area (Å²) in [6, 6.07) is 5.67. The smallest absolute Gasteiger partial charge is 0.251 e. The third-order valence-electron chi connectivity index (χ3n) is 4.66. The zero-order chi connectivity index (χ0) is 15.5. The summed E-state index contributed by atoms with van der Waals surface area (Å²) in [5.41, 5.74) is 2.54. The van der Waals surface area contributed by atoms with Crippen molar-refractivity contribution in [2.75, 3.05) is 18.4 Å². The van der Waals surface area contributed by atoms with Crippen molar-refractivity contribution in [2.45, 2.75) is 38.6 Å².